The molecule has 0 aliphatic carbocycles. The minimum absolute atomic E-state index is 0.0746. The molecule has 5 heteroatoms. The van der Waals surface area contributed by atoms with Gasteiger partial charge in [-0.05, 0) is 27.7 Å². The van der Waals surface area contributed by atoms with E-state index in [0.717, 1.165) is 0 Å². The molecule has 0 aromatic carbocycles. The Labute approximate surface area is 98.1 Å². The number of carbonyl (C=O) groups is 1. The highest BCUT2D eigenvalue weighted by molar-refractivity contribution is 5.74. The van der Waals surface area contributed by atoms with Crippen LogP contribution in [0.2, 0.25) is 0 Å². The van der Waals surface area contributed by atoms with Crippen molar-refractivity contribution in [1.29, 1.82) is 0 Å². The topological polar surface area (TPSA) is 50.8 Å². The molecule has 0 rings (SSSR count). The normalized spacial score (nSPS) is 10.6. The van der Waals surface area contributed by atoms with Gasteiger partial charge in [-0.3, -0.25) is 0 Å². The Kier molecular flexibility index (Phi) is 8.94. The highest BCUT2D eigenvalue weighted by Gasteiger charge is 2.12. The Hall–Kier alpha value is -0.810. The van der Waals surface area contributed by atoms with Crippen LogP contribution in [0, 0.1) is 0 Å². The SMILES string of the molecule is CCOC(CNC(=O)N(CC)CC)OCC. The van der Waals surface area contributed by atoms with Gasteiger partial charge in [0.05, 0.1) is 6.54 Å². The first-order chi connectivity index (χ1) is 7.69. The molecule has 0 aliphatic rings. The molecule has 0 saturated carbocycles. The van der Waals surface area contributed by atoms with Crippen LogP contribution in [0.1, 0.15) is 27.7 Å². The van der Waals surface area contributed by atoms with E-state index < -0.39 is 0 Å². The molecular formula is C11H24N2O3. The fraction of sp³-hybridized carbons (Fsp3) is 0.909. The number of hydrogen-bond donors (Lipinski definition) is 1. The van der Waals surface area contributed by atoms with Gasteiger partial charge in [-0.1, -0.05) is 0 Å². The fourth-order valence-corrected chi connectivity index (χ4v) is 1.33. The summed E-state index contributed by atoms with van der Waals surface area (Å²) in [5, 5.41) is 2.79. The lowest BCUT2D eigenvalue weighted by molar-refractivity contribution is -0.131. The summed E-state index contributed by atoms with van der Waals surface area (Å²) in [6, 6.07) is -0.0746. The lowest BCUT2D eigenvalue weighted by atomic mass is 10.5. The molecule has 0 heterocycles. The standard InChI is InChI=1S/C11H24N2O3/c1-5-13(6-2)11(14)12-9-10(15-7-3)16-8-4/h10H,5-9H2,1-4H3,(H,12,14). The van der Waals surface area contributed by atoms with Crippen LogP contribution in [-0.4, -0.2) is 50.1 Å². The summed E-state index contributed by atoms with van der Waals surface area (Å²) in [4.78, 5) is 13.3. The predicted molar refractivity (Wildman–Crippen MR) is 63.4 cm³/mol. The molecule has 0 atom stereocenters. The van der Waals surface area contributed by atoms with Crippen molar-refractivity contribution in [3.63, 3.8) is 0 Å². The van der Waals surface area contributed by atoms with E-state index in [9.17, 15) is 4.79 Å². The quantitative estimate of drug-likeness (QED) is 0.644. The Morgan fingerprint density at radius 2 is 1.62 bits per heavy atom. The maximum absolute atomic E-state index is 11.6. The van der Waals surface area contributed by atoms with Crippen LogP contribution >= 0.6 is 0 Å². The third-order valence-electron chi connectivity index (χ3n) is 2.18. The largest absolute Gasteiger partial charge is 0.351 e. The summed E-state index contributed by atoms with van der Waals surface area (Å²) in [5.41, 5.74) is 0. The van der Waals surface area contributed by atoms with Crippen molar-refractivity contribution >= 4 is 6.03 Å². The maximum atomic E-state index is 11.6. The summed E-state index contributed by atoms with van der Waals surface area (Å²) < 4.78 is 10.6. The van der Waals surface area contributed by atoms with Gasteiger partial charge in [0.2, 0.25) is 0 Å². The monoisotopic (exact) mass is 232 g/mol. The van der Waals surface area contributed by atoms with Gasteiger partial charge in [0.25, 0.3) is 0 Å². The van der Waals surface area contributed by atoms with Crippen molar-refractivity contribution in [2.45, 2.75) is 34.0 Å². The van der Waals surface area contributed by atoms with Gasteiger partial charge in [0, 0.05) is 26.3 Å². The molecule has 1 N–H and O–H groups in total. The first-order valence-electron chi connectivity index (χ1n) is 5.95. The van der Waals surface area contributed by atoms with Crippen molar-refractivity contribution in [2.75, 3.05) is 32.8 Å². The zero-order valence-corrected chi connectivity index (χ0v) is 10.8. The molecule has 2 amide bonds. The van der Waals surface area contributed by atoms with Gasteiger partial charge >= 0.3 is 6.03 Å². The molecule has 0 radical (unpaired) electrons. The Balaban J connectivity index is 3.93. The van der Waals surface area contributed by atoms with Crippen LogP contribution in [0.4, 0.5) is 4.79 Å². The smallest absolute Gasteiger partial charge is 0.317 e. The van der Waals surface area contributed by atoms with Crippen molar-refractivity contribution in [3.05, 3.63) is 0 Å². The summed E-state index contributed by atoms with van der Waals surface area (Å²) in [6.45, 7) is 10.6. The minimum atomic E-state index is -0.352. The molecular weight excluding hydrogens is 208 g/mol. The van der Waals surface area contributed by atoms with Crippen molar-refractivity contribution in [2.24, 2.45) is 0 Å². The highest BCUT2D eigenvalue weighted by Crippen LogP contribution is 1.95. The number of rotatable bonds is 8. The Bertz CT molecular complexity index is 178. The van der Waals surface area contributed by atoms with Crippen molar-refractivity contribution in [3.8, 4) is 0 Å². The number of ether oxygens (including phenoxy) is 2. The summed E-state index contributed by atoms with van der Waals surface area (Å²) in [6.07, 6.45) is -0.352. The molecule has 5 nitrogen and oxygen atoms in total. The molecule has 0 fully saturated rings. The van der Waals surface area contributed by atoms with Crippen LogP contribution < -0.4 is 5.32 Å². The molecule has 0 saturated heterocycles. The van der Waals surface area contributed by atoms with Crippen molar-refractivity contribution in [1.82, 2.24) is 10.2 Å². The summed E-state index contributed by atoms with van der Waals surface area (Å²) in [5.74, 6) is 0. The maximum Gasteiger partial charge on any atom is 0.317 e. The molecule has 0 aromatic heterocycles. The summed E-state index contributed by atoms with van der Waals surface area (Å²) >= 11 is 0. The van der Waals surface area contributed by atoms with Gasteiger partial charge in [-0.25, -0.2) is 4.79 Å². The van der Waals surface area contributed by atoms with E-state index in [1.165, 1.54) is 0 Å². The van der Waals surface area contributed by atoms with Crippen LogP contribution in [-0.2, 0) is 9.47 Å². The van der Waals surface area contributed by atoms with E-state index in [2.05, 4.69) is 5.32 Å². The van der Waals surface area contributed by atoms with Gasteiger partial charge < -0.3 is 19.7 Å². The molecule has 0 unspecified atom stereocenters. The van der Waals surface area contributed by atoms with E-state index in [1.807, 2.05) is 27.7 Å². The zero-order valence-electron chi connectivity index (χ0n) is 10.8. The number of urea groups is 1. The first kappa shape index (κ1) is 15.2. The molecule has 0 aromatic rings. The molecule has 96 valence electrons. The van der Waals surface area contributed by atoms with E-state index in [0.29, 0.717) is 32.8 Å². The molecule has 16 heavy (non-hydrogen) atoms. The number of nitrogens with zero attached hydrogens (tertiary/aromatic N) is 1. The second-order valence-corrected chi connectivity index (χ2v) is 3.20. The second kappa shape index (κ2) is 9.42. The third kappa shape index (κ3) is 5.92. The van der Waals surface area contributed by atoms with E-state index in [-0.39, 0.29) is 12.3 Å². The Morgan fingerprint density at radius 3 is 2.00 bits per heavy atom. The van der Waals surface area contributed by atoms with Crippen LogP contribution in [0.15, 0.2) is 0 Å². The first-order valence-corrected chi connectivity index (χ1v) is 5.95. The molecule has 0 bridgehead atoms. The van der Waals surface area contributed by atoms with Gasteiger partial charge in [0.1, 0.15) is 0 Å². The Morgan fingerprint density at radius 1 is 1.12 bits per heavy atom. The van der Waals surface area contributed by atoms with Crippen LogP contribution in [0.25, 0.3) is 0 Å². The third-order valence-corrected chi connectivity index (χ3v) is 2.18. The lowest BCUT2D eigenvalue weighted by Crippen LogP contribution is -2.43. The average Bonchev–Trinajstić information content (AvgIpc) is 2.28. The zero-order chi connectivity index (χ0) is 12.4. The molecule has 0 spiro atoms. The van der Waals surface area contributed by atoms with Gasteiger partial charge in [0.15, 0.2) is 6.29 Å². The minimum Gasteiger partial charge on any atom is -0.351 e. The summed E-state index contributed by atoms with van der Waals surface area (Å²) in [7, 11) is 0. The number of hydrogen-bond acceptors (Lipinski definition) is 3. The van der Waals surface area contributed by atoms with E-state index >= 15 is 0 Å². The highest BCUT2D eigenvalue weighted by atomic mass is 16.7. The fourth-order valence-electron chi connectivity index (χ4n) is 1.33. The number of nitrogens with one attached hydrogen (secondary N) is 1. The number of carbonyl (C=O) groups excluding carboxylic acids is 1. The van der Waals surface area contributed by atoms with Gasteiger partial charge in [-0.15, -0.1) is 0 Å². The van der Waals surface area contributed by atoms with E-state index in [1.54, 1.807) is 4.90 Å². The number of amides is 2. The van der Waals surface area contributed by atoms with Crippen molar-refractivity contribution < 1.29 is 14.3 Å². The van der Waals surface area contributed by atoms with E-state index in [4.69, 9.17) is 9.47 Å². The lowest BCUT2D eigenvalue weighted by Gasteiger charge is -2.22. The average molecular weight is 232 g/mol. The predicted octanol–water partition coefficient (Wildman–Crippen LogP) is 1.44. The van der Waals surface area contributed by atoms with Gasteiger partial charge in [-0.2, -0.15) is 0 Å². The van der Waals surface area contributed by atoms with Crippen LogP contribution in [0.5, 0.6) is 0 Å². The second-order valence-electron chi connectivity index (χ2n) is 3.20. The van der Waals surface area contributed by atoms with Crippen LogP contribution in [0.3, 0.4) is 0 Å². The molecule has 0 aliphatic heterocycles.